The van der Waals surface area contributed by atoms with Crippen LogP contribution in [0.3, 0.4) is 0 Å². The molecule has 0 aromatic carbocycles. The van der Waals surface area contributed by atoms with Crippen LogP contribution in [0, 0.1) is 5.92 Å². The van der Waals surface area contributed by atoms with Crippen molar-refractivity contribution < 1.29 is 9.47 Å². The molecule has 0 spiro atoms. The summed E-state index contributed by atoms with van der Waals surface area (Å²) >= 11 is 11.3. The minimum atomic E-state index is -0.185. The normalized spacial score (nSPS) is 18.9. The molecule has 16 heavy (non-hydrogen) atoms. The van der Waals surface area contributed by atoms with E-state index in [4.69, 9.17) is 32.7 Å². The Hall–Kier alpha value is 0.500. The third kappa shape index (κ3) is 5.72. The van der Waals surface area contributed by atoms with Crippen LogP contribution in [0.25, 0.3) is 0 Å². The first-order valence-electron chi connectivity index (χ1n) is 6.08. The highest BCUT2D eigenvalue weighted by molar-refractivity contribution is 6.18. The summed E-state index contributed by atoms with van der Waals surface area (Å²) in [5.41, 5.74) is 0. The Morgan fingerprint density at radius 1 is 0.875 bits per heavy atom. The maximum Gasteiger partial charge on any atom is 0.163 e. The highest BCUT2D eigenvalue weighted by atomic mass is 35.5. The van der Waals surface area contributed by atoms with Crippen LogP contribution in [0.4, 0.5) is 0 Å². The molecule has 1 aliphatic carbocycles. The van der Waals surface area contributed by atoms with Gasteiger partial charge in [0.05, 0.1) is 13.2 Å². The molecule has 0 saturated heterocycles. The summed E-state index contributed by atoms with van der Waals surface area (Å²) in [5, 5.41) is 0. The van der Waals surface area contributed by atoms with E-state index in [2.05, 4.69) is 0 Å². The molecule has 0 aromatic rings. The quantitative estimate of drug-likeness (QED) is 0.397. The molecule has 2 nitrogen and oxygen atoms in total. The van der Waals surface area contributed by atoms with Gasteiger partial charge in [0.1, 0.15) is 0 Å². The molecule has 1 aliphatic rings. The predicted molar refractivity (Wildman–Crippen MR) is 68.1 cm³/mol. The van der Waals surface area contributed by atoms with Crippen molar-refractivity contribution in [3.63, 3.8) is 0 Å². The zero-order chi connectivity index (χ0) is 11.6. The maximum absolute atomic E-state index is 5.64. The highest BCUT2D eigenvalue weighted by Gasteiger charge is 2.24. The van der Waals surface area contributed by atoms with E-state index >= 15 is 0 Å². The lowest BCUT2D eigenvalue weighted by molar-refractivity contribution is -0.127. The van der Waals surface area contributed by atoms with Crippen LogP contribution >= 0.6 is 23.2 Å². The molecular formula is C12H21Cl2O2. The van der Waals surface area contributed by atoms with Crippen LogP contribution < -0.4 is 0 Å². The second kappa shape index (κ2) is 9.52. The zero-order valence-corrected chi connectivity index (χ0v) is 11.2. The van der Waals surface area contributed by atoms with Crippen LogP contribution in [-0.2, 0) is 9.47 Å². The molecule has 4 heteroatoms. The molecule has 0 aromatic heterocycles. The lowest BCUT2D eigenvalue weighted by Crippen LogP contribution is -2.27. The summed E-state index contributed by atoms with van der Waals surface area (Å²) in [7, 11) is 0. The molecular weight excluding hydrogens is 247 g/mol. The van der Waals surface area contributed by atoms with Crippen molar-refractivity contribution in [1.29, 1.82) is 0 Å². The van der Waals surface area contributed by atoms with Crippen molar-refractivity contribution in [2.45, 2.75) is 44.8 Å². The van der Waals surface area contributed by atoms with Gasteiger partial charge in [0.25, 0.3) is 0 Å². The van der Waals surface area contributed by atoms with Crippen molar-refractivity contribution in [3.05, 3.63) is 5.92 Å². The second-order valence-electron chi connectivity index (χ2n) is 4.02. The average molecular weight is 268 g/mol. The molecule has 1 rings (SSSR count). The Balaban J connectivity index is 2.37. The van der Waals surface area contributed by atoms with E-state index in [0.717, 1.165) is 12.8 Å². The molecule has 1 fully saturated rings. The van der Waals surface area contributed by atoms with Crippen LogP contribution in [0.5, 0.6) is 0 Å². The van der Waals surface area contributed by atoms with E-state index < -0.39 is 0 Å². The predicted octanol–water partition coefficient (Wildman–Crippen LogP) is 3.75. The van der Waals surface area contributed by atoms with Crippen LogP contribution in [0.1, 0.15) is 38.5 Å². The summed E-state index contributed by atoms with van der Waals surface area (Å²) in [6, 6.07) is 0. The van der Waals surface area contributed by atoms with Gasteiger partial charge < -0.3 is 9.47 Å². The summed E-state index contributed by atoms with van der Waals surface area (Å²) in [4.78, 5) is 0. The lowest BCUT2D eigenvalue weighted by atomic mass is 10.00. The van der Waals surface area contributed by atoms with Crippen molar-refractivity contribution in [2.24, 2.45) is 0 Å². The Kier molecular flexibility index (Phi) is 8.67. The Bertz CT molecular complexity index is 151. The largest absolute Gasteiger partial charge is 0.351 e. The monoisotopic (exact) mass is 267 g/mol. The van der Waals surface area contributed by atoms with Gasteiger partial charge >= 0.3 is 0 Å². The number of hydrogen-bond donors (Lipinski definition) is 0. The average Bonchev–Trinajstić information content (AvgIpc) is 2.58. The Labute approximate surface area is 109 Å². The van der Waals surface area contributed by atoms with Gasteiger partial charge in [0.15, 0.2) is 6.29 Å². The van der Waals surface area contributed by atoms with Gasteiger partial charge in [-0.1, -0.05) is 25.7 Å². The van der Waals surface area contributed by atoms with E-state index in [-0.39, 0.29) is 6.29 Å². The lowest BCUT2D eigenvalue weighted by Gasteiger charge is -2.25. The van der Waals surface area contributed by atoms with Crippen molar-refractivity contribution in [2.75, 3.05) is 25.0 Å². The van der Waals surface area contributed by atoms with Gasteiger partial charge in [-0.05, 0) is 12.8 Å². The summed E-state index contributed by atoms with van der Waals surface area (Å²) in [6.45, 7) is 1.08. The number of rotatable bonds is 7. The SMILES string of the molecule is ClCCOC(OCCCl)[C]1CCCCCC1. The molecule has 1 saturated carbocycles. The third-order valence-electron chi connectivity index (χ3n) is 2.77. The minimum Gasteiger partial charge on any atom is -0.351 e. The first-order chi connectivity index (χ1) is 7.88. The first kappa shape index (κ1) is 14.6. The molecule has 0 bridgehead atoms. The van der Waals surface area contributed by atoms with Crippen LogP contribution in [-0.4, -0.2) is 31.3 Å². The van der Waals surface area contributed by atoms with Gasteiger partial charge in [0.2, 0.25) is 0 Å². The molecule has 1 radical (unpaired) electrons. The topological polar surface area (TPSA) is 18.5 Å². The van der Waals surface area contributed by atoms with E-state index in [1.807, 2.05) is 0 Å². The fourth-order valence-electron chi connectivity index (χ4n) is 2.01. The molecule has 0 aliphatic heterocycles. The Morgan fingerprint density at radius 3 is 1.81 bits per heavy atom. The zero-order valence-electron chi connectivity index (χ0n) is 9.72. The fraction of sp³-hybridized carbons (Fsp3) is 0.917. The van der Waals surface area contributed by atoms with E-state index in [1.165, 1.54) is 31.6 Å². The molecule has 0 atom stereocenters. The molecule has 0 N–H and O–H groups in total. The smallest absolute Gasteiger partial charge is 0.163 e. The summed E-state index contributed by atoms with van der Waals surface area (Å²) in [6.07, 6.45) is 7.20. The van der Waals surface area contributed by atoms with Crippen molar-refractivity contribution >= 4 is 23.2 Å². The Morgan fingerprint density at radius 2 is 1.38 bits per heavy atom. The van der Waals surface area contributed by atoms with Crippen molar-refractivity contribution in [1.82, 2.24) is 0 Å². The molecule has 0 heterocycles. The number of ether oxygens (including phenoxy) is 2. The van der Waals surface area contributed by atoms with E-state index in [9.17, 15) is 0 Å². The van der Waals surface area contributed by atoms with Crippen molar-refractivity contribution in [3.8, 4) is 0 Å². The standard InChI is InChI=1S/C12H21Cl2O2/c13-7-9-15-12(16-10-8-14)11-5-3-1-2-4-6-11/h12H,1-10H2. The van der Waals surface area contributed by atoms with Gasteiger partial charge in [0, 0.05) is 17.7 Å². The third-order valence-corrected chi connectivity index (χ3v) is 3.08. The van der Waals surface area contributed by atoms with Gasteiger partial charge in [-0.2, -0.15) is 0 Å². The minimum absolute atomic E-state index is 0.185. The van der Waals surface area contributed by atoms with E-state index in [1.54, 1.807) is 0 Å². The van der Waals surface area contributed by atoms with Crippen LogP contribution in [0.15, 0.2) is 0 Å². The first-order valence-corrected chi connectivity index (χ1v) is 7.15. The number of alkyl halides is 2. The molecule has 0 unspecified atom stereocenters. The number of halogens is 2. The number of hydrogen-bond acceptors (Lipinski definition) is 2. The summed E-state index contributed by atoms with van der Waals surface area (Å²) < 4.78 is 11.3. The summed E-state index contributed by atoms with van der Waals surface area (Å²) in [5.74, 6) is 2.40. The van der Waals surface area contributed by atoms with Gasteiger partial charge in [-0.15, -0.1) is 23.2 Å². The van der Waals surface area contributed by atoms with Crippen LogP contribution in [0.2, 0.25) is 0 Å². The van der Waals surface area contributed by atoms with Gasteiger partial charge in [-0.25, -0.2) is 0 Å². The second-order valence-corrected chi connectivity index (χ2v) is 4.78. The fourth-order valence-corrected chi connectivity index (χ4v) is 2.18. The highest BCUT2D eigenvalue weighted by Crippen LogP contribution is 2.29. The maximum atomic E-state index is 5.64. The van der Waals surface area contributed by atoms with Gasteiger partial charge in [-0.3, -0.25) is 0 Å². The van der Waals surface area contributed by atoms with E-state index in [0.29, 0.717) is 25.0 Å². The molecule has 0 amide bonds. The molecule has 95 valence electrons.